The van der Waals surface area contributed by atoms with Crippen LogP contribution < -0.4 is 15.0 Å². The van der Waals surface area contributed by atoms with Gasteiger partial charge in [-0.1, -0.05) is 24.4 Å². The highest BCUT2D eigenvalue weighted by molar-refractivity contribution is 6.32. The Kier molecular flexibility index (Phi) is 5.71. The number of anilines is 2. The molecule has 0 bridgehead atoms. The summed E-state index contributed by atoms with van der Waals surface area (Å²) in [4.78, 5) is 14.5. The van der Waals surface area contributed by atoms with Crippen LogP contribution in [-0.2, 0) is 0 Å². The maximum atomic E-state index is 12.3. The Morgan fingerprint density at radius 2 is 1.88 bits per heavy atom. The standard InChI is InChI=1S/C18H21ClN4O2/c1-25-16-8-6-13(12-14(16)19)20-18(24)15-7-9-17(22-21-15)23-10-4-2-3-5-11-23/h6-9,12H,2-5,10-11H2,1H3,(H,20,24). The fourth-order valence-electron chi connectivity index (χ4n) is 2.85. The van der Waals surface area contributed by atoms with Crippen LogP contribution in [-0.4, -0.2) is 36.3 Å². The minimum absolute atomic E-state index is 0.269. The van der Waals surface area contributed by atoms with E-state index in [1.54, 1.807) is 31.4 Å². The van der Waals surface area contributed by atoms with Gasteiger partial charge >= 0.3 is 0 Å². The number of methoxy groups -OCH3 is 1. The third-order valence-corrected chi connectivity index (χ3v) is 4.52. The van der Waals surface area contributed by atoms with Gasteiger partial charge in [-0.05, 0) is 43.2 Å². The second kappa shape index (κ2) is 8.16. The number of hydrogen-bond acceptors (Lipinski definition) is 5. The van der Waals surface area contributed by atoms with Crippen LogP contribution in [0.3, 0.4) is 0 Å². The van der Waals surface area contributed by atoms with Gasteiger partial charge in [0.05, 0.1) is 12.1 Å². The molecular weight excluding hydrogens is 340 g/mol. The molecule has 0 radical (unpaired) electrons. The van der Waals surface area contributed by atoms with E-state index in [1.807, 2.05) is 6.07 Å². The summed E-state index contributed by atoms with van der Waals surface area (Å²) in [6, 6.07) is 8.62. The SMILES string of the molecule is COc1ccc(NC(=O)c2ccc(N3CCCCCC3)nn2)cc1Cl. The number of aromatic nitrogens is 2. The Morgan fingerprint density at radius 3 is 2.48 bits per heavy atom. The van der Waals surface area contributed by atoms with Crippen molar-refractivity contribution in [3.05, 3.63) is 41.0 Å². The Balaban J connectivity index is 1.67. The molecule has 1 aliphatic rings. The minimum atomic E-state index is -0.323. The van der Waals surface area contributed by atoms with Crippen molar-refractivity contribution in [2.75, 3.05) is 30.4 Å². The second-order valence-electron chi connectivity index (χ2n) is 5.98. The number of nitrogens with zero attached hydrogens (tertiary/aromatic N) is 3. The molecule has 1 aromatic carbocycles. The molecule has 2 aromatic rings. The van der Waals surface area contributed by atoms with Crippen molar-refractivity contribution in [2.24, 2.45) is 0 Å². The van der Waals surface area contributed by atoms with Crippen LogP contribution in [0, 0.1) is 0 Å². The molecule has 132 valence electrons. The Bertz CT molecular complexity index is 728. The van der Waals surface area contributed by atoms with Crippen molar-refractivity contribution in [1.82, 2.24) is 10.2 Å². The summed E-state index contributed by atoms with van der Waals surface area (Å²) in [6.07, 6.45) is 4.86. The van der Waals surface area contributed by atoms with Crippen molar-refractivity contribution in [1.29, 1.82) is 0 Å². The number of rotatable bonds is 4. The first-order chi connectivity index (χ1) is 12.2. The van der Waals surface area contributed by atoms with E-state index in [9.17, 15) is 4.79 Å². The number of benzene rings is 1. The smallest absolute Gasteiger partial charge is 0.276 e. The monoisotopic (exact) mass is 360 g/mol. The molecule has 25 heavy (non-hydrogen) atoms. The van der Waals surface area contributed by atoms with Crippen molar-refractivity contribution < 1.29 is 9.53 Å². The number of carbonyl (C=O) groups is 1. The molecule has 0 atom stereocenters. The number of amides is 1. The summed E-state index contributed by atoms with van der Waals surface area (Å²) in [7, 11) is 1.54. The zero-order valence-electron chi connectivity index (χ0n) is 14.2. The minimum Gasteiger partial charge on any atom is -0.495 e. The lowest BCUT2D eigenvalue weighted by molar-refractivity contribution is 0.102. The average molecular weight is 361 g/mol. The number of nitrogens with one attached hydrogen (secondary N) is 1. The van der Waals surface area contributed by atoms with Gasteiger partial charge in [0.25, 0.3) is 5.91 Å². The van der Waals surface area contributed by atoms with Gasteiger partial charge in [0.15, 0.2) is 11.5 Å². The molecule has 7 heteroatoms. The Morgan fingerprint density at radius 1 is 1.12 bits per heavy atom. The van der Waals surface area contributed by atoms with Crippen LogP contribution in [0.1, 0.15) is 36.2 Å². The Labute approximate surface area is 152 Å². The van der Waals surface area contributed by atoms with Crippen LogP contribution >= 0.6 is 11.6 Å². The topological polar surface area (TPSA) is 67.3 Å². The van der Waals surface area contributed by atoms with Gasteiger partial charge < -0.3 is 15.0 Å². The molecule has 1 fully saturated rings. The number of halogens is 1. The lowest BCUT2D eigenvalue weighted by atomic mass is 10.2. The highest BCUT2D eigenvalue weighted by Gasteiger charge is 2.14. The van der Waals surface area contributed by atoms with Gasteiger partial charge in [-0.3, -0.25) is 4.79 Å². The molecule has 1 aromatic heterocycles. The summed E-state index contributed by atoms with van der Waals surface area (Å²) >= 11 is 6.07. The number of carbonyl (C=O) groups excluding carboxylic acids is 1. The molecule has 0 aliphatic carbocycles. The summed E-state index contributed by atoms with van der Waals surface area (Å²) in [5.74, 6) is 1.06. The molecule has 1 saturated heterocycles. The van der Waals surface area contributed by atoms with E-state index in [2.05, 4.69) is 20.4 Å². The van der Waals surface area contributed by atoms with E-state index in [0.717, 1.165) is 18.9 Å². The van der Waals surface area contributed by atoms with Gasteiger partial charge in [0.2, 0.25) is 0 Å². The van der Waals surface area contributed by atoms with Crippen LogP contribution in [0.25, 0.3) is 0 Å². The van der Waals surface area contributed by atoms with Gasteiger partial charge in [-0.2, -0.15) is 0 Å². The molecule has 1 aliphatic heterocycles. The normalized spacial score (nSPS) is 14.7. The zero-order chi connectivity index (χ0) is 17.6. The first-order valence-electron chi connectivity index (χ1n) is 8.41. The fraction of sp³-hybridized carbons (Fsp3) is 0.389. The molecule has 0 spiro atoms. The highest BCUT2D eigenvalue weighted by atomic mass is 35.5. The fourth-order valence-corrected chi connectivity index (χ4v) is 3.11. The first-order valence-corrected chi connectivity index (χ1v) is 8.79. The van der Waals surface area contributed by atoms with E-state index < -0.39 is 0 Å². The lowest BCUT2D eigenvalue weighted by Crippen LogP contribution is -2.25. The summed E-state index contributed by atoms with van der Waals surface area (Å²) in [5.41, 5.74) is 0.847. The zero-order valence-corrected chi connectivity index (χ0v) is 14.9. The van der Waals surface area contributed by atoms with E-state index in [1.165, 1.54) is 25.7 Å². The molecule has 0 saturated carbocycles. The Hall–Kier alpha value is -2.34. The van der Waals surface area contributed by atoms with Gasteiger partial charge in [-0.25, -0.2) is 0 Å². The third-order valence-electron chi connectivity index (χ3n) is 4.22. The summed E-state index contributed by atoms with van der Waals surface area (Å²) in [5, 5.41) is 11.5. The predicted molar refractivity (Wildman–Crippen MR) is 98.7 cm³/mol. The lowest BCUT2D eigenvalue weighted by Gasteiger charge is -2.20. The first kappa shape index (κ1) is 17.5. The maximum absolute atomic E-state index is 12.3. The molecule has 1 N–H and O–H groups in total. The molecule has 2 heterocycles. The number of hydrogen-bond donors (Lipinski definition) is 1. The van der Waals surface area contributed by atoms with E-state index in [0.29, 0.717) is 16.5 Å². The second-order valence-corrected chi connectivity index (χ2v) is 6.39. The molecule has 3 rings (SSSR count). The molecular formula is C18H21ClN4O2. The van der Waals surface area contributed by atoms with Crippen molar-refractivity contribution >= 4 is 29.0 Å². The quantitative estimate of drug-likeness (QED) is 0.898. The maximum Gasteiger partial charge on any atom is 0.276 e. The van der Waals surface area contributed by atoms with Crippen LogP contribution in [0.4, 0.5) is 11.5 Å². The van der Waals surface area contributed by atoms with Crippen LogP contribution in [0.2, 0.25) is 5.02 Å². The van der Waals surface area contributed by atoms with Gasteiger partial charge in [-0.15, -0.1) is 10.2 Å². The molecule has 6 nitrogen and oxygen atoms in total. The van der Waals surface area contributed by atoms with Gasteiger partial charge in [0, 0.05) is 18.8 Å². The van der Waals surface area contributed by atoms with E-state index in [-0.39, 0.29) is 11.6 Å². The van der Waals surface area contributed by atoms with Crippen molar-refractivity contribution in [2.45, 2.75) is 25.7 Å². The summed E-state index contributed by atoms with van der Waals surface area (Å²) < 4.78 is 5.10. The molecule has 0 unspecified atom stereocenters. The van der Waals surface area contributed by atoms with E-state index >= 15 is 0 Å². The van der Waals surface area contributed by atoms with Gasteiger partial charge in [0.1, 0.15) is 5.75 Å². The van der Waals surface area contributed by atoms with E-state index in [4.69, 9.17) is 16.3 Å². The largest absolute Gasteiger partial charge is 0.495 e. The third kappa shape index (κ3) is 4.39. The summed E-state index contributed by atoms with van der Waals surface area (Å²) in [6.45, 7) is 1.98. The average Bonchev–Trinajstić information content (AvgIpc) is 2.91. The van der Waals surface area contributed by atoms with Crippen LogP contribution in [0.15, 0.2) is 30.3 Å². The van der Waals surface area contributed by atoms with Crippen molar-refractivity contribution in [3.8, 4) is 5.75 Å². The van der Waals surface area contributed by atoms with Crippen LogP contribution in [0.5, 0.6) is 5.75 Å². The highest BCUT2D eigenvalue weighted by Crippen LogP contribution is 2.27. The molecule has 1 amide bonds. The number of ether oxygens (including phenoxy) is 1. The predicted octanol–water partition coefficient (Wildman–Crippen LogP) is 3.77. The van der Waals surface area contributed by atoms with Crippen molar-refractivity contribution in [3.63, 3.8) is 0 Å².